The van der Waals surface area contributed by atoms with E-state index >= 15 is 0 Å². The summed E-state index contributed by atoms with van der Waals surface area (Å²) >= 11 is 0. The van der Waals surface area contributed by atoms with Gasteiger partial charge in [0.05, 0.1) is 4.90 Å². The largest absolute Gasteiger partial charge is 0.446 e. The first-order chi connectivity index (χ1) is 10.3. The summed E-state index contributed by atoms with van der Waals surface area (Å²) in [7, 11) is -14.4. The zero-order chi connectivity index (χ0) is 17.6. The quantitative estimate of drug-likeness (QED) is 0.630. The van der Waals surface area contributed by atoms with Crippen LogP contribution in [0.1, 0.15) is 0 Å². The first kappa shape index (κ1) is 17.6. The molecule has 126 valence electrons. The summed E-state index contributed by atoms with van der Waals surface area (Å²) in [6, 6.07) is 4.06. The van der Waals surface area contributed by atoms with Crippen molar-refractivity contribution in [3.63, 3.8) is 0 Å². The van der Waals surface area contributed by atoms with Crippen molar-refractivity contribution in [2.24, 2.45) is 0 Å². The van der Waals surface area contributed by atoms with Crippen LogP contribution in [0.3, 0.4) is 0 Å². The van der Waals surface area contributed by atoms with E-state index in [1.54, 1.807) is 0 Å². The fourth-order valence-corrected chi connectivity index (χ4v) is 3.42. The lowest BCUT2D eigenvalue weighted by Gasteiger charge is -2.10. The smallest absolute Gasteiger partial charge is 0.361 e. The van der Waals surface area contributed by atoms with Crippen molar-refractivity contribution < 1.29 is 43.1 Å². The van der Waals surface area contributed by atoms with Crippen LogP contribution >= 0.6 is 0 Å². The Kier molecular flexibility index (Phi) is 4.13. The predicted octanol–water partition coefficient (Wildman–Crippen LogP) is 0.515. The van der Waals surface area contributed by atoms with Gasteiger partial charge < -0.3 is 4.18 Å². The van der Waals surface area contributed by atoms with Crippen molar-refractivity contribution in [1.82, 2.24) is 0 Å². The van der Waals surface area contributed by atoms with Crippen molar-refractivity contribution >= 4 is 41.4 Å². The normalized spacial score (nSPS) is 13.2. The zero-order valence-electron chi connectivity index (χ0n) is 10.8. The van der Waals surface area contributed by atoms with Gasteiger partial charge in [-0.15, -0.1) is 0 Å². The molecule has 0 radical (unpaired) electrons. The lowest BCUT2D eigenvalue weighted by Crippen LogP contribution is -2.08. The Morgan fingerprint density at radius 2 is 1.35 bits per heavy atom. The molecule has 0 bridgehead atoms. The Labute approximate surface area is 130 Å². The van der Waals surface area contributed by atoms with E-state index in [4.69, 9.17) is 13.7 Å². The minimum Gasteiger partial charge on any atom is -0.361 e. The highest BCUT2D eigenvalue weighted by Gasteiger charge is 2.21. The third-order valence-corrected chi connectivity index (χ3v) is 4.83. The van der Waals surface area contributed by atoms with Gasteiger partial charge in [-0.05, 0) is 24.3 Å². The van der Waals surface area contributed by atoms with E-state index in [0.29, 0.717) is 0 Å². The van der Waals surface area contributed by atoms with Gasteiger partial charge in [-0.1, -0.05) is 6.07 Å². The van der Waals surface area contributed by atoms with Crippen LogP contribution in [-0.4, -0.2) is 38.9 Å². The Morgan fingerprint density at radius 3 is 1.83 bits per heavy atom. The lowest BCUT2D eigenvalue weighted by atomic mass is 10.1. The van der Waals surface area contributed by atoms with Crippen LogP contribution in [0.15, 0.2) is 40.1 Å². The molecule has 0 spiro atoms. The zero-order valence-corrected chi connectivity index (χ0v) is 13.3. The Hall–Kier alpha value is -1.77. The molecule has 0 aliphatic heterocycles. The fraction of sp³-hybridized carbons (Fsp3) is 0. The summed E-state index contributed by atoms with van der Waals surface area (Å²) in [5.41, 5.74) is 0. The molecule has 0 aliphatic carbocycles. The van der Waals surface area contributed by atoms with Crippen LogP contribution in [0, 0.1) is 0 Å². The molecule has 3 N–H and O–H groups in total. The van der Waals surface area contributed by atoms with Gasteiger partial charge in [-0.3, -0.25) is 13.7 Å². The van der Waals surface area contributed by atoms with Crippen LogP contribution in [0.2, 0.25) is 0 Å². The maximum absolute atomic E-state index is 11.3. The highest BCUT2D eigenvalue weighted by molar-refractivity contribution is 7.86. The van der Waals surface area contributed by atoms with Crippen LogP contribution in [0.4, 0.5) is 0 Å². The summed E-state index contributed by atoms with van der Waals surface area (Å²) in [6.07, 6.45) is 0. The van der Waals surface area contributed by atoms with Gasteiger partial charge in [0.1, 0.15) is 4.90 Å². The second kappa shape index (κ2) is 5.40. The van der Waals surface area contributed by atoms with Crippen molar-refractivity contribution in [2.75, 3.05) is 0 Å². The van der Waals surface area contributed by atoms with E-state index in [1.165, 1.54) is 0 Å². The lowest BCUT2D eigenvalue weighted by molar-refractivity contribution is 0.388. The van der Waals surface area contributed by atoms with Gasteiger partial charge in [0.25, 0.3) is 20.2 Å². The topological polar surface area (TPSA) is 172 Å². The number of rotatable bonds is 4. The number of benzene rings is 2. The highest BCUT2D eigenvalue weighted by atomic mass is 32.3. The molecule has 2 aromatic rings. The molecule has 0 aromatic heterocycles. The molecule has 0 aliphatic rings. The molecule has 0 saturated heterocycles. The first-order valence-electron chi connectivity index (χ1n) is 5.48. The standard InChI is InChI=1S/C10H8O10S3/c11-21(12,13)6-1-2-7-8(5-6)9(20-23(17,18)19)3-4-10(7)22(14,15)16/h1-5H,(H,11,12,13)(H,14,15,16)(H,17,18,19). The van der Waals surface area contributed by atoms with Gasteiger partial charge in [0, 0.05) is 10.8 Å². The second-order valence-electron chi connectivity index (χ2n) is 4.23. The van der Waals surface area contributed by atoms with E-state index in [0.717, 1.165) is 30.3 Å². The van der Waals surface area contributed by atoms with Crippen molar-refractivity contribution in [3.8, 4) is 5.75 Å². The minimum atomic E-state index is -4.99. The third-order valence-electron chi connectivity index (χ3n) is 2.68. The summed E-state index contributed by atoms with van der Waals surface area (Å²) in [6.45, 7) is 0. The van der Waals surface area contributed by atoms with Gasteiger partial charge >= 0.3 is 10.4 Å². The summed E-state index contributed by atoms with van der Waals surface area (Å²) < 4.78 is 97.6. The number of hydrogen-bond donors (Lipinski definition) is 3. The van der Waals surface area contributed by atoms with E-state index in [-0.39, 0.29) is 5.39 Å². The predicted molar refractivity (Wildman–Crippen MR) is 75.8 cm³/mol. The molecule has 10 nitrogen and oxygen atoms in total. The van der Waals surface area contributed by atoms with Gasteiger partial charge in [0.15, 0.2) is 5.75 Å². The molecule has 2 aromatic carbocycles. The van der Waals surface area contributed by atoms with Gasteiger partial charge in [-0.25, -0.2) is 0 Å². The third kappa shape index (κ3) is 3.95. The Morgan fingerprint density at radius 1 is 0.739 bits per heavy atom. The molecule has 0 fully saturated rings. The van der Waals surface area contributed by atoms with E-state index in [2.05, 4.69) is 4.18 Å². The van der Waals surface area contributed by atoms with E-state index < -0.39 is 51.6 Å². The van der Waals surface area contributed by atoms with E-state index in [9.17, 15) is 25.3 Å². The van der Waals surface area contributed by atoms with E-state index in [1.807, 2.05) is 0 Å². The van der Waals surface area contributed by atoms with Gasteiger partial charge in [0.2, 0.25) is 0 Å². The van der Waals surface area contributed by atoms with Crippen LogP contribution in [-0.2, 0) is 30.6 Å². The minimum absolute atomic E-state index is 0.291. The average Bonchev–Trinajstić information content (AvgIpc) is 2.34. The molecule has 0 saturated carbocycles. The molecule has 0 heterocycles. The van der Waals surface area contributed by atoms with Crippen LogP contribution in [0.5, 0.6) is 5.75 Å². The molecule has 23 heavy (non-hydrogen) atoms. The molecule has 0 unspecified atom stereocenters. The summed E-state index contributed by atoms with van der Waals surface area (Å²) in [5.74, 6) is -0.611. The number of hydrogen-bond acceptors (Lipinski definition) is 7. The van der Waals surface area contributed by atoms with Gasteiger partial charge in [-0.2, -0.15) is 25.3 Å². The fourth-order valence-electron chi connectivity index (χ4n) is 1.84. The van der Waals surface area contributed by atoms with Crippen LogP contribution in [0.25, 0.3) is 10.8 Å². The van der Waals surface area contributed by atoms with Crippen LogP contribution < -0.4 is 4.18 Å². The maximum atomic E-state index is 11.3. The SMILES string of the molecule is O=S(=O)(O)Oc1ccc(S(=O)(=O)O)c2ccc(S(=O)(=O)O)cc12. The Bertz CT molecular complexity index is 1100. The van der Waals surface area contributed by atoms with Crippen molar-refractivity contribution in [3.05, 3.63) is 30.3 Å². The molecule has 13 heteroatoms. The van der Waals surface area contributed by atoms with Crippen molar-refractivity contribution in [1.29, 1.82) is 0 Å². The molecular weight excluding hydrogens is 376 g/mol. The van der Waals surface area contributed by atoms with Crippen molar-refractivity contribution in [2.45, 2.75) is 9.79 Å². The summed E-state index contributed by atoms with van der Waals surface area (Å²) in [5, 5.41) is -0.686. The maximum Gasteiger partial charge on any atom is 0.446 e. The number of fused-ring (bicyclic) bond motifs is 1. The summed E-state index contributed by atoms with van der Waals surface area (Å²) in [4.78, 5) is -1.34. The second-order valence-corrected chi connectivity index (χ2v) is 8.06. The first-order valence-corrected chi connectivity index (χ1v) is 9.72. The molecule has 2 rings (SSSR count). The molecule has 0 amide bonds. The monoisotopic (exact) mass is 384 g/mol. The average molecular weight is 384 g/mol. The molecule has 0 atom stereocenters. The molecular formula is C10H8O10S3. The Balaban J connectivity index is 2.93. The highest BCUT2D eigenvalue weighted by Crippen LogP contribution is 2.33.